The van der Waals surface area contributed by atoms with E-state index < -0.39 is 0 Å². The molecule has 2 aliphatic heterocycles. The predicted octanol–water partition coefficient (Wildman–Crippen LogP) is 8.62. The van der Waals surface area contributed by atoms with Gasteiger partial charge >= 0.3 is 0 Å². The first-order valence-corrected chi connectivity index (χ1v) is 17.6. The van der Waals surface area contributed by atoms with Crippen LogP contribution >= 0.6 is 11.6 Å². The minimum atomic E-state index is 0.0871. The fourth-order valence-electron chi connectivity index (χ4n) is 6.85. The van der Waals surface area contributed by atoms with E-state index in [0.717, 1.165) is 73.5 Å². The third-order valence-corrected chi connectivity index (χ3v) is 10.1. The molecule has 3 aromatic heterocycles. The number of aromatic nitrogens is 4. The Bertz CT molecular complexity index is 1870. The van der Waals surface area contributed by atoms with Gasteiger partial charge < -0.3 is 24.3 Å². The zero-order chi connectivity index (χ0) is 34.5. The highest BCUT2D eigenvalue weighted by Gasteiger charge is 2.31. The molecule has 1 unspecified atom stereocenters. The number of halogens is 1. The number of nitrogens with zero attached hydrogens (tertiary/aromatic N) is 3. The molecule has 0 fully saturated rings. The van der Waals surface area contributed by atoms with Crippen LogP contribution in [0.3, 0.4) is 0 Å². The molecule has 256 valence electrons. The number of ether oxygens (including phenoxy) is 2. The van der Waals surface area contributed by atoms with Crippen LogP contribution in [0.2, 0.25) is 0 Å². The van der Waals surface area contributed by atoms with Gasteiger partial charge in [0, 0.05) is 76.7 Å². The summed E-state index contributed by atoms with van der Waals surface area (Å²) in [5, 5.41) is 0. The van der Waals surface area contributed by atoms with Crippen molar-refractivity contribution < 1.29 is 14.3 Å². The van der Waals surface area contributed by atoms with Crippen LogP contribution in [0.5, 0.6) is 0 Å². The summed E-state index contributed by atoms with van der Waals surface area (Å²) in [6.45, 7) is 19.6. The second-order valence-corrected chi connectivity index (χ2v) is 13.3. The summed E-state index contributed by atoms with van der Waals surface area (Å²) in [7, 11) is 1.84. The van der Waals surface area contributed by atoms with Crippen molar-refractivity contribution in [2.75, 3.05) is 45.9 Å². The number of hydrogen-bond donors (Lipinski definition) is 2. The van der Waals surface area contributed by atoms with Gasteiger partial charge in [0.25, 0.3) is 0 Å². The Morgan fingerprint density at radius 1 is 0.938 bits per heavy atom. The summed E-state index contributed by atoms with van der Waals surface area (Å²) >= 11 is 5.64. The molecule has 2 aliphatic rings. The van der Waals surface area contributed by atoms with Gasteiger partial charge in [-0.2, -0.15) is 0 Å². The van der Waals surface area contributed by atoms with Gasteiger partial charge in [-0.1, -0.05) is 26.5 Å². The van der Waals surface area contributed by atoms with E-state index in [-0.39, 0.29) is 17.7 Å². The van der Waals surface area contributed by atoms with Gasteiger partial charge in [-0.15, -0.1) is 11.6 Å². The first kappa shape index (κ1) is 35.6. The quantitative estimate of drug-likeness (QED) is 0.140. The molecule has 9 heteroatoms. The largest absolute Gasteiger partial charge is 0.378 e. The Hall–Kier alpha value is -3.72. The second-order valence-electron chi connectivity index (χ2n) is 13.0. The van der Waals surface area contributed by atoms with Crippen LogP contribution in [-0.4, -0.2) is 76.6 Å². The third-order valence-electron chi connectivity index (χ3n) is 9.94. The molecule has 1 amide bonds. The van der Waals surface area contributed by atoms with E-state index in [1.165, 1.54) is 11.1 Å². The van der Waals surface area contributed by atoms with Gasteiger partial charge in [0.05, 0.1) is 37.8 Å². The minimum absolute atomic E-state index is 0.0871. The molecule has 8 nitrogen and oxygen atoms in total. The maximum absolute atomic E-state index is 13.3. The Kier molecular flexibility index (Phi) is 11.6. The number of amides is 1. The number of allylic oxidation sites excluding steroid dienone is 2. The van der Waals surface area contributed by atoms with Crippen molar-refractivity contribution in [1.82, 2.24) is 24.8 Å². The molecule has 0 saturated carbocycles. The van der Waals surface area contributed by atoms with Crippen molar-refractivity contribution in [2.24, 2.45) is 0 Å². The van der Waals surface area contributed by atoms with E-state index in [1.54, 1.807) is 4.90 Å². The molecule has 2 atom stereocenters. The lowest BCUT2D eigenvalue weighted by Crippen LogP contribution is -2.30. The second kappa shape index (κ2) is 15.7. The smallest absolute Gasteiger partial charge is 0.222 e. The molecule has 0 spiro atoms. The molecular weight excluding hydrogens is 622 g/mol. The van der Waals surface area contributed by atoms with Crippen molar-refractivity contribution in [3.63, 3.8) is 0 Å². The van der Waals surface area contributed by atoms with Gasteiger partial charge in [-0.25, -0.2) is 4.98 Å². The molecule has 5 heterocycles. The summed E-state index contributed by atoms with van der Waals surface area (Å²) in [6, 6.07) is 8.70. The highest BCUT2D eigenvalue weighted by Crippen LogP contribution is 2.42. The summed E-state index contributed by atoms with van der Waals surface area (Å²) in [4.78, 5) is 32.8. The highest BCUT2D eigenvalue weighted by atomic mass is 35.5. The third kappa shape index (κ3) is 7.46. The number of aromatic amines is 2. The molecule has 3 aromatic rings. The lowest BCUT2D eigenvalue weighted by atomic mass is 9.86. The van der Waals surface area contributed by atoms with E-state index in [2.05, 4.69) is 82.4 Å². The minimum Gasteiger partial charge on any atom is -0.378 e. The van der Waals surface area contributed by atoms with Crippen molar-refractivity contribution in [3.8, 4) is 0 Å². The van der Waals surface area contributed by atoms with Gasteiger partial charge in [-0.05, 0) is 92.6 Å². The Labute approximate surface area is 289 Å². The van der Waals surface area contributed by atoms with E-state index >= 15 is 0 Å². The van der Waals surface area contributed by atoms with Crippen molar-refractivity contribution in [1.29, 1.82) is 0 Å². The lowest BCUT2D eigenvalue weighted by molar-refractivity contribution is -0.130. The van der Waals surface area contributed by atoms with E-state index in [9.17, 15) is 4.79 Å². The van der Waals surface area contributed by atoms with Gasteiger partial charge in [0.2, 0.25) is 5.91 Å². The molecule has 2 N–H and O–H groups in total. The fourth-order valence-corrected chi connectivity index (χ4v) is 6.95. The zero-order valence-electron chi connectivity index (χ0n) is 29.6. The number of nitrogens with one attached hydrogen (secondary N) is 2. The Balaban J connectivity index is 1.54. The fraction of sp³-hybridized carbons (Fsp3) is 0.462. The SMILES string of the molecule is C=Cc1c(C)c2cc3nc(c(C)c4cc(C)c(cc5nc(cc1[nH]2)C(C)=C5CC)[nH]4)[C@@H](CCC(=O)N(C)CCOCCOCCCl)C3C. The predicted molar refractivity (Wildman–Crippen MR) is 198 cm³/mol. The number of fused-ring (bicyclic) bond motifs is 8. The monoisotopic (exact) mass is 671 g/mol. The van der Waals surface area contributed by atoms with Crippen molar-refractivity contribution in [2.45, 2.75) is 72.6 Å². The summed E-state index contributed by atoms with van der Waals surface area (Å²) in [6.07, 6.45) is 3.94. The maximum Gasteiger partial charge on any atom is 0.222 e. The van der Waals surface area contributed by atoms with E-state index in [0.29, 0.717) is 51.7 Å². The van der Waals surface area contributed by atoms with Crippen LogP contribution in [0, 0.1) is 20.8 Å². The van der Waals surface area contributed by atoms with E-state index in [4.69, 9.17) is 31.0 Å². The number of H-pyrrole nitrogens is 2. The molecule has 0 radical (unpaired) electrons. The summed E-state index contributed by atoms with van der Waals surface area (Å²) in [5.41, 5.74) is 15.0. The lowest BCUT2D eigenvalue weighted by Gasteiger charge is -2.20. The zero-order valence-corrected chi connectivity index (χ0v) is 30.3. The normalized spacial score (nSPS) is 16.1. The number of rotatable bonds is 13. The van der Waals surface area contributed by atoms with Crippen molar-refractivity contribution >= 4 is 56.8 Å². The van der Waals surface area contributed by atoms with Crippen LogP contribution < -0.4 is 0 Å². The number of hydrogen-bond acceptors (Lipinski definition) is 5. The molecule has 0 aromatic carbocycles. The topological polar surface area (TPSA) is 96.1 Å². The number of carbonyl (C=O) groups excluding carboxylic acids is 1. The van der Waals surface area contributed by atoms with Crippen LogP contribution in [-0.2, 0) is 14.3 Å². The van der Waals surface area contributed by atoms with Crippen LogP contribution in [0.4, 0.5) is 0 Å². The first-order valence-electron chi connectivity index (χ1n) is 17.1. The Morgan fingerprint density at radius 3 is 2.33 bits per heavy atom. The molecule has 0 saturated heterocycles. The van der Waals surface area contributed by atoms with Crippen LogP contribution in [0.15, 0.2) is 30.8 Å². The Morgan fingerprint density at radius 2 is 1.62 bits per heavy atom. The van der Waals surface area contributed by atoms with Gasteiger partial charge in [-0.3, -0.25) is 9.78 Å². The van der Waals surface area contributed by atoms with Crippen molar-refractivity contribution in [3.05, 3.63) is 75.9 Å². The van der Waals surface area contributed by atoms with Crippen LogP contribution in [0.25, 0.3) is 39.3 Å². The maximum atomic E-state index is 13.3. The number of aryl methyl sites for hydroxylation is 3. The summed E-state index contributed by atoms with van der Waals surface area (Å²) < 4.78 is 11.0. The number of carbonyl (C=O) groups is 1. The van der Waals surface area contributed by atoms with Gasteiger partial charge in [0.1, 0.15) is 0 Å². The number of alkyl halides is 1. The molecule has 48 heavy (non-hydrogen) atoms. The highest BCUT2D eigenvalue weighted by molar-refractivity contribution is 6.17. The molecule has 0 aliphatic carbocycles. The van der Waals surface area contributed by atoms with E-state index in [1.807, 2.05) is 13.1 Å². The standard InChI is InChI=1S/C39H50ClN5O3/c1-9-28-25(5)34-22-37-29(10-2)24(4)33(42-37)21-35-26(6)30(11-12-38(46)45(8)14-16-48-18-17-47-15-13-40)39(44-35)27(7)32-19-23(3)31(41-32)20-36(28)43-34/h10,19-22,26,30,41-42H,2,9,11-18H2,1,3-8H3/t26?,30-/m0/s1. The molecule has 5 rings (SSSR count). The average molecular weight is 672 g/mol. The number of likely N-dealkylation sites (N-methyl/N-ethyl adjacent to an activating group) is 1. The van der Waals surface area contributed by atoms with Crippen LogP contribution in [0.1, 0.15) is 96.9 Å². The molecule has 8 bridgehead atoms. The van der Waals surface area contributed by atoms with Gasteiger partial charge in [0.15, 0.2) is 0 Å². The average Bonchev–Trinajstić information content (AvgIpc) is 3.77. The summed E-state index contributed by atoms with van der Waals surface area (Å²) in [5.74, 6) is 0.780. The molecular formula is C39H50ClN5O3. The first-order chi connectivity index (χ1) is 23.1.